The van der Waals surface area contributed by atoms with Crippen LogP contribution in [0, 0.1) is 12.7 Å². The molecule has 0 spiro atoms. The van der Waals surface area contributed by atoms with Gasteiger partial charge in [-0.2, -0.15) is 0 Å². The second kappa shape index (κ2) is 9.36. The van der Waals surface area contributed by atoms with Crippen LogP contribution in [0.5, 0.6) is 0 Å². The van der Waals surface area contributed by atoms with E-state index in [-0.39, 0.29) is 5.82 Å². The molecular formula is C30H25BrFN. The van der Waals surface area contributed by atoms with Gasteiger partial charge in [-0.15, -0.1) is 0 Å². The van der Waals surface area contributed by atoms with Crippen molar-refractivity contribution >= 4 is 26.8 Å². The highest BCUT2D eigenvalue weighted by Gasteiger charge is 2.17. The highest BCUT2D eigenvalue weighted by Crippen LogP contribution is 2.35. The zero-order valence-electron chi connectivity index (χ0n) is 18.6. The molecule has 3 heteroatoms. The Hall–Kier alpha value is -3.17. The lowest BCUT2D eigenvalue weighted by Crippen LogP contribution is -2.02. The summed E-state index contributed by atoms with van der Waals surface area (Å²) in [5, 5.41) is 1.26. The minimum Gasteiger partial charge on any atom is -0.336 e. The third-order valence-corrected chi connectivity index (χ3v) is 6.83. The van der Waals surface area contributed by atoms with E-state index in [2.05, 4.69) is 100 Å². The molecule has 1 heterocycles. The van der Waals surface area contributed by atoms with Crippen molar-refractivity contribution in [3.05, 3.63) is 130 Å². The topological polar surface area (TPSA) is 4.93 Å². The van der Waals surface area contributed by atoms with E-state index in [1.807, 2.05) is 12.1 Å². The fourth-order valence-electron chi connectivity index (χ4n) is 4.57. The SMILES string of the molecule is Cc1c(-c2ccc(F)cc2)n(Cc2ccc(Br)cc2)c2ccc(CCc3ccccc3)cc12. The van der Waals surface area contributed by atoms with E-state index >= 15 is 0 Å². The summed E-state index contributed by atoms with van der Waals surface area (Å²) >= 11 is 3.53. The minimum absolute atomic E-state index is 0.213. The summed E-state index contributed by atoms with van der Waals surface area (Å²) in [4.78, 5) is 0. The monoisotopic (exact) mass is 497 g/mol. The molecule has 0 radical (unpaired) electrons. The second-order valence-corrected chi connectivity index (χ2v) is 9.45. The van der Waals surface area contributed by atoms with Crippen LogP contribution in [0.4, 0.5) is 4.39 Å². The standard InChI is InChI=1S/C30H25BrFN/c1-21-28-19-23(8-7-22-5-3-2-4-6-22)11-18-29(28)33(20-24-9-14-26(31)15-10-24)30(21)25-12-16-27(32)17-13-25/h2-6,9-19H,7-8,20H2,1H3. The van der Waals surface area contributed by atoms with Crippen LogP contribution in [-0.2, 0) is 19.4 Å². The lowest BCUT2D eigenvalue weighted by Gasteiger charge is -2.13. The van der Waals surface area contributed by atoms with Gasteiger partial charge < -0.3 is 4.57 Å². The Morgan fingerprint density at radius 2 is 1.39 bits per heavy atom. The van der Waals surface area contributed by atoms with Crippen LogP contribution in [0.2, 0.25) is 0 Å². The average Bonchev–Trinajstić information content (AvgIpc) is 3.11. The van der Waals surface area contributed by atoms with Crippen LogP contribution >= 0.6 is 15.9 Å². The predicted molar refractivity (Wildman–Crippen MR) is 139 cm³/mol. The zero-order valence-corrected chi connectivity index (χ0v) is 20.1. The Morgan fingerprint density at radius 3 is 2.12 bits per heavy atom. The largest absolute Gasteiger partial charge is 0.336 e. The Kier molecular flexibility index (Phi) is 6.15. The lowest BCUT2D eigenvalue weighted by atomic mass is 10.0. The summed E-state index contributed by atoms with van der Waals surface area (Å²) in [6.45, 7) is 2.94. The number of aromatic nitrogens is 1. The molecule has 5 rings (SSSR count). The van der Waals surface area contributed by atoms with Crippen LogP contribution in [-0.4, -0.2) is 4.57 Å². The number of hydrogen-bond donors (Lipinski definition) is 0. The van der Waals surface area contributed by atoms with Crippen LogP contribution in [0.3, 0.4) is 0 Å². The minimum atomic E-state index is -0.213. The van der Waals surface area contributed by atoms with Gasteiger partial charge in [-0.1, -0.05) is 64.5 Å². The van der Waals surface area contributed by atoms with Crippen LogP contribution in [0.1, 0.15) is 22.3 Å². The van der Waals surface area contributed by atoms with Crippen molar-refractivity contribution in [2.45, 2.75) is 26.3 Å². The summed E-state index contributed by atoms with van der Waals surface area (Å²) in [6, 6.07) is 32.7. The molecule has 0 unspecified atom stereocenters. The van der Waals surface area contributed by atoms with Gasteiger partial charge >= 0.3 is 0 Å². The Labute approximate surface area is 202 Å². The third kappa shape index (κ3) is 4.65. The molecule has 0 aliphatic carbocycles. The first kappa shape index (κ1) is 21.7. The molecule has 164 valence electrons. The van der Waals surface area contributed by atoms with Crippen molar-refractivity contribution in [3.63, 3.8) is 0 Å². The maximum absolute atomic E-state index is 13.7. The number of benzene rings is 4. The van der Waals surface area contributed by atoms with E-state index in [9.17, 15) is 4.39 Å². The van der Waals surface area contributed by atoms with Crippen LogP contribution in [0.25, 0.3) is 22.2 Å². The maximum Gasteiger partial charge on any atom is 0.123 e. The summed E-state index contributed by atoms with van der Waals surface area (Å²) in [6.07, 6.45) is 2.03. The third-order valence-electron chi connectivity index (χ3n) is 6.30. The van der Waals surface area contributed by atoms with Crippen molar-refractivity contribution in [1.29, 1.82) is 0 Å². The zero-order chi connectivity index (χ0) is 22.8. The molecule has 33 heavy (non-hydrogen) atoms. The first-order valence-electron chi connectivity index (χ1n) is 11.2. The quantitative estimate of drug-likeness (QED) is 0.222. The van der Waals surface area contributed by atoms with Gasteiger partial charge in [-0.3, -0.25) is 0 Å². The molecule has 0 atom stereocenters. The van der Waals surface area contributed by atoms with Gasteiger partial charge in [0.2, 0.25) is 0 Å². The van der Waals surface area contributed by atoms with Gasteiger partial charge in [-0.05, 0) is 96.1 Å². The van der Waals surface area contributed by atoms with Crippen molar-refractivity contribution in [2.24, 2.45) is 0 Å². The smallest absolute Gasteiger partial charge is 0.123 e. The van der Waals surface area contributed by atoms with E-state index in [1.54, 1.807) is 12.1 Å². The Morgan fingerprint density at radius 1 is 0.727 bits per heavy atom. The molecule has 1 aromatic heterocycles. The van der Waals surface area contributed by atoms with Crippen LogP contribution in [0.15, 0.2) is 102 Å². The number of hydrogen-bond acceptors (Lipinski definition) is 0. The van der Waals surface area contributed by atoms with Gasteiger partial charge in [0.1, 0.15) is 5.82 Å². The van der Waals surface area contributed by atoms with Crippen molar-refractivity contribution in [1.82, 2.24) is 4.57 Å². The highest BCUT2D eigenvalue weighted by atomic mass is 79.9. The molecule has 0 fully saturated rings. The van der Waals surface area contributed by atoms with Gasteiger partial charge in [0.15, 0.2) is 0 Å². The van der Waals surface area contributed by atoms with Gasteiger partial charge in [0.25, 0.3) is 0 Å². The molecule has 0 N–H and O–H groups in total. The fraction of sp³-hybridized carbons (Fsp3) is 0.133. The van der Waals surface area contributed by atoms with E-state index in [4.69, 9.17) is 0 Å². The summed E-state index contributed by atoms with van der Waals surface area (Å²) in [5.41, 5.74) is 8.54. The number of halogens is 2. The molecule has 0 aliphatic rings. The first-order valence-corrected chi connectivity index (χ1v) is 12.0. The molecule has 0 bridgehead atoms. The molecule has 4 aromatic carbocycles. The molecule has 0 amide bonds. The number of rotatable bonds is 6. The Balaban J connectivity index is 1.58. The van der Waals surface area contributed by atoms with Crippen molar-refractivity contribution in [2.75, 3.05) is 0 Å². The fourth-order valence-corrected chi connectivity index (χ4v) is 4.84. The van der Waals surface area contributed by atoms with Gasteiger partial charge in [0, 0.05) is 21.9 Å². The summed E-state index contributed by atoms with van der Waals surface area (Å²) in [7, 11) is 0. The van der Waals surface area contributed by atoms with E-state index in [0.717, 1.165) is 35.1 Å². The molecule has 1 nitrogen and oxygen atoms in total. The molecule has 0 saturated carbocycles. The van der Waals surface area contributed by atoms with Crippen molar-refractivity contribution < 1.29 is 4.39 Å². The number of nitrogens with zero attached hydrogens (tertiary/aromatic N) is 1. The normalized spacial score (nSPS) is 11.2. The second-order valence-electron chi connectivity index (χ2n) is 8.53. The summed E-state index contributed by atoms with van der Waals surface area (Å²) in [5.74, 6) is -0.213. The lowest BCUT2D eigenvalue weighted by molar-refractivity contribution is 0.628. The number of aryl methyl sites for hydroxylation is 3. The molecule has 5 aromatic rings. The van der Waals surface area contributed by atoms with Gasteiger partial charge in [0.05, 0.1) is 5.69 Å². The highest BCUT2D eigenvalue weighted by molar-refractivity contribution is 9.10. The summed E-state index contributed by atoms with van der Waals surface area (Å²) < 4.78 is 17.1. The van der Waals surface area contributed by atoms with Crippen LogP contribution < -0.4 is 0 Å². The van der Waals surface area contributed by atoms with Crippen molar-refractivity contribution in [3.8, 4) is 11.3 Å². The molecule has 0 saturated heterocycles. The Bertz CT molecular complexity index is 1380. The molecular weight excluding hydrogens is 473 g/mol. The maximum atomic E-state index is 13.7. The van der Waals surface area contributed by atoms with E-state index < -0.39 is 0 Å². The van der Waals surface area contributed by atoms with Gasteiger partial charge in [-0.25, -0.2) is 4.39 Å². The molecule has 0 aliphatic heterocycles. The predicted octanol–water partition coefficient (Wildman–Crippen LogP) is 8.35. The number of fused-ring (bicyclic) bond motifs is 1. The first-order chi connectivity index (χ1) is 16.1. The van der Waals surface area contributed by atoms with E-state index in [1.165, 1.54) is 33.2 Å². The average molecular weight is 498 g/mol. The van der Waals surface area contributed by atoms with E-state index in [0.29, 0.717) is 0 Å².